The molecule has 3 rings (SSSR count). The fourth-order valence-electron chi connectivity index (χ4n) is 3.70. The van der Waals surface area contributed by atoms with E-state index in [0.717, 1.165) is 25.7 Å². The van der Waals surface area contributed by atoms with E-state index in [1.54, 1.807) is 17.0 Å². The van der Waals surface area contributed by atoms with Gasteiger partial charge in [-0.1, -0.05) is 31.0 Å². The summed E-state index contributed by atoms with van der Waals surface area (Å²) in [7, 11) is 0. The SMILES string of the molecule is O=C(O)[C@H]1C[C@@H]2CCCC[C@H]2N1C(=O)c1ccccc1. The van der Waals surface area contributed by atoms with Crippen LogP contribution in [0.25, 0.3) is 0 Å². The van der Waals surface area contributed by atoms with Crippen LogP contribution in [0.2, 0.25) is 0 Å². The Morgan fingerprint density at radius 3 is 2.50 bits per heavy atom. The second-order valence-electron chi connectivity index (χ2n) is 5.78. The van der Waals surface area contributed by atoms with E-state index in [9.17, 15) is 14.7 Å². The summed E-state index contributed by atoms with van der Waals surface area (Å²) in [6.45, 7) is 0. The maximum atomic E-state index is 12.7. The Hall–Kier alpha value is -1.84. The Kier molecular flexibility index (Phi) is 3.47. The second kappa shape index (κ2) is 5.27. The number of aliphatic carboxylic acids is 1. The van der Waals surface area contributed by atoms with E-state index >= 15 is 0 Å². The van der Waals surface area contributed by atoms with Gasteiger partial charge in [-0.15, -0.1) is 0 Å². The largest absolute Gasteiger partial charge is 0.480 e. The van der Waals surface area contributed by atoms with Crippen molar-refractivity contribution in [3.63, 3.8) is 0 Å². The van der Waals surface area contributed by atoms with Crippen LogP contribution in [-0.2, 0) is 4.79 Å². The van der Waals surface area contributed by atoms with Crippen LogP contribution in [0.1, 0.15) is 42.5 Å². The highest BCUT2D eigenvalue weighted by Gasteiger charge is 2.47. The Morgan fingerprint density at radius 2 is 1.80 bits per heavy atom. The standard InChI is InChI=1S/C16H19NO3/c18-15(11-6-2-1-3-7-11)17-13-9-5-4-8-12(13)10-14(17)16(19)20/h1-3,6-7,12-14H,4-5,8-10H2,(H,19,20)/t12-,13+,14+/m0/s1. The van der Waals surface area contributed by atoms with Crippen LogP contribution in [-0.4, -0.2) is 34.0 Å². The molecule has 1 N–H and O–H groups in total. The molecule has 3 atom stereocenters. The van der Waals surface area contributed by atoms with Crippen LogP contribution in [0.5, 0.6) is 0 Å². The number of carboxylic acids is 1. The van der Waals surface area contributed by atoms with Gasteiger partial charge in [-0.05, 0) is 37.3 Å². The lowest BCUT2D eigenvalue weighted by molar-refractivity contribution is -0.141. The van der Waals surface area contributed by atoms with Gasteiger partial charge in [-0.25, -0.2) is 4.79 Å². The van der Waals surface area contributed by atoms with Crippen LogP contribution >= 0.6 is 0 Å². The van der Waals surface area contributed by atoms with Gasteiger partial charge in [0.2, 0.25) is 0 Å². The molecule has 1 heterocycles. The summed E-state index contributed by atoms with van der Waals surface area (Å²) in [6, 6.07) is 8.47. The highest BCUT2D eigenvalue weighted by Crippen LogP contribution is 2.40. The maximum Gasteiger partial charge on any atom is 0.326 e. The number of hydrogen-bond donors (Lipinski definition) is 1. The third-order valence-electron chi connectivity index (χ3n) is 4.63. The van der Waals surface area contributed by atoms with Crippen molar-refractivity contribution in [2.24, 2.45) is 5.92 Å². The fraction of sp³-hybridized carbons (Fsp3) is 0.500. The summed E-state index contributed by atoms with van der Waals surface area (Å²) >= 11 is 0. The predicted octanol–water partition coefficient (Wildman–Crippen LogP) is 2.54. The van der Waals surface area contributed by atoms with Gasteiger partial charge in [0.05, 0.1) is 0 Å². The molecule has 2 fully saturated rings. The predicted molar refractivity (Wildman–Crippen MR) is 74.4 cm³/mol. The number of nitrogens with zero attached hydrogens (tertiary/aromatic N) is 1. The van der Waals surface area contributed by atoms with E-state index in [2.05, 4.69) is 0 Å². The second-order valence-corrected chi connectivity index (χ2v) is 5.78. The third kappa shape index (κ3) is 2.19. The lowest BCUT2D eigenvalue weighted by Gasteiger charge is -2.33. The Bertz CT molecular complexity index is 514. The zero-order valence-corrected chi connectivity index (χ0v) is 11.4. The first kappa shape index (κ1) is 13.2. The number of carboxylic acid groups (broad SMARTS) is 1. The number of carbonyl (C=O) groups excluding carboxylic acids is 1. The number of likely N-dealkylation sites (tertiary alicyclic amines) is 1. The number of carbonyl (C=O) groups is 2. The van der Waals surface area contributed by atoms with Gasteiger partial charge in [0.1, 0.15) is 6.04 Å². The highest BCUT2D eigenvalue weighted by molar-refractivity contribution is 5.97. The number of fused-ring (bicyclic) bond motifs is 1. The van der Waals surface area contributed by atoms with E-state index in [0.29, 0.717) is 17.9 Å². The lowest BCUT2D eigenvalue weighted by atomic mass is 9.84. The molecule has 1 saturated carbocycles. The van der Waals surface area contributed by atoms with E-state index in [-0.39, 0.29) is 11.9 Å². The van der Waals surface area contributed by atoms with Gasteiger partial charge in [0.15, 0.2) is 0 Å². The summed E-state index contributed by atoms with van der Waals surface area (Å²) in [5.41, 5.74) is 0.588. The number of hydrogen-bond acceptors (Lipinski definition) is 2. The minimum atomic E-state index is -0.872. The average molecular weight is 273 g/mol. The average Bonchev–Trinajstić information content (AvgIpc) is 2.87. The van der Waals surface area contributed by atoms with Crippen LogP contribution in [0.4, 0.5) is 0 Å². The Balaban J connectivity index is 1.91. The van der Waals surface area contributed by atoms with Crippen molar-refractivity contribution in [1.29, 1.82) is 0 Å². The summed E-state index contributed by atoms with van der Waals surface area (Å²) in [5, 5.41) is 9.43. The van der Waals surface area contributed by atoms with Crippen LogP contribution < -0.4 is 0 Å². The highest BCUT2D eigenvalue weighted by atomic mass is 16.4. The summed E-state index contributed by atoms with van der Waals surface area (Å²) in [6.07, 6.45) is 4.84. The number of amides is 1. The van der Waals surface area contributed by atoms with Crippen LogP contribution in [0.3, 0.4) is 0 Å². The van der Waals surface area contributed by atoms with Crippen LogP contribution in [0.15, 0.2) is 30.3 Å². The Labute approximate surface area is 118 Å². The molecule has 4 nitrogen and oxygen atoms in total. The monoisotopic (exact) mass is 273 g/mol. The molecule has 20 heavy (non-hydrogen) atoms. The van der Waals surface area contributed by atoms with Crippen molar-refractivity contribution in [3.8, 4) is 0 Å². The maximum absolute atomic E-state index is 12.7. The Morgan fingerprint density at radius 1 is 1.10 bits per heavy atom. The normalized spacial score (nSPS) is 29.0. The van der Waals surface area contributed by atoms with Gasteiger partial charge in [-0.3, -0.25) is 4.79 Å². The first-order valence-corrected chi connectivity index (χ1v) is 7.29. The molecule has 0 aromatic heterocycles. The summed E-state index contributed by atoms with van der Waals surface area (Å²) in [5.74, 6) is -0.645. The van der Waals surface area contributed by atoms with E-state index in [4.69, 9.17) is 0 Å². The smallest absolute Gasteiger partial charge is 0.326 e. The quantitative estimate of drug-likeness (QED) is 0.901. The molecule has 2 aliphatic rings. The minimum absolute atomic E-state index is 0.109. The zero-order valence-electron chi connectivity index (χ0n) is 11.4. The molecule has 1 aliphatic carbocycles. The molecule has 1 aromatic carbocycles. The van der Waals surface area contributed by atoms with Crippen molar-refractivity contribution in [3.05, 3.63) is 35.9 Å². The molecule has 1 saturated heterocycles. The first-order chi connectivity index (χ1) is 9.68. The van der Waals surface area contributed by atoms with Gasteiger partial charge in [-0.2, -0.15) is 0 Å². The molecular weight excluding hydrogens is 254 g/mol. The van der Waals surface area contributed by atoms with E-state index in [1.807, 2.05) is 18.2 Å². The van der Waals surface area contributed by atoms with Gasteiger partial charge < -0.3 is 10.0 Å². The molecule has 0 unspecified atom stereocenters. The molecule has 0 radical (unpaired) electrons. The van der Waals surface area contributed by atoms with Crippen molar-refractivity contribution in [2.45, 2.75) is 44.2 Å². The molecule has 0 spiro atoms. The molecule has 106 valence electrons. The molecule has 0 bridgehead atoms. The van der Waals surface area contributed by atoms with Crippen molar-refractivity contribution < 1.29 is 14.7 Å². The van der Waals surface area contributed by atoms with Crippen molar-refractivity contribution >= 4 is 11.9 Å². The number of benzene rings is 1. The summed E-state index contributed by atoms with van der Waals surface area (Å²) in [4.78, 5) is 25.8. The zero-order chi connectivity index (χ0) is 14.1. The topological polar surface area (TPSA) is 57.6 Å². The van der Waals surface area contributed by atoms with Gasteiger partial charge in [0.25, 0.3) is 5.91 Å². The third-order valence-corrected chi connectivity index (χ3v) is 4.63. The van der Waals surface area contributed by atoms with Gasteiger partial charge in [0, 0.05) is 11.6 Å². The molecular formula is C16H19NO3. The van der Waals surface area contributed by atoms with Gasteiger partial charge >= 0.3 is 5.97 Å². The first-order valence-electron chi connectivity index (χ1n) is 7.29. The molecule has 1 amide bonds. The van der Waals surface area contributed by atoms with E-state index < -0.39 is 12.0 Å². The van der Waals surface area contributed by atoms with E-state index in [1.165, 1.54) is 0 Å². The lowest BCUT2D eigenvalue weighted by Crippen LogP contribution is -2.46. The fourth-order valence-corrected chi connectivity index (χ4v) is 3.70. The van der Waals surface area contributed by atoms with Crippen molar-refractivity contribution in [1.82, 2.24) is 4.90 Å². The summed E-state index contributed by atoms with van der Waals surface area (Å²) < 4.78 is 0. The molecule has 4 heteroatoms. The molecule has 1 aliphatic heterocycles. The molecule has 1 aromatic rings. The number of rotatable bonds is 2. The minimum Gasteiger partial charge on any atom is -0.480 e. The van der Waals surface area contributed by atoms with Crippen LogP contribution in [0, 0.1) is 5.92 Å². The van der Waals surface area contributed by atoms with Crippen molar-refractivity contribution in [2.75, 3.05) is 0 Å².